The Balaban J connectivity index is 1.66. The zero-order chi connectivity index (χ0) is 11.7. The van der Waals surface area contributed by atoms with E-state index in [9.17, 15) is 0 Å². The van der Waals surface area contributed by atoms with Crippen LogP contribution >= 0.6 is 0 Å². The summed E-state index contributed by atoms with van der Waals surface area (Å²) in [7, 11) is 0. The van der Waals surface area contributed by atoms with Crippen molar-refractivity contribution in [2.75, 3.05) is 26.3 Å². The maximum Gasteiger partial charge on any atom is 0.0594 e. The number of ether oxygens (including phenoxy) is 1. The van der Waals surface area contributed by atoms with E-state index >= 15 is 0 Å². The molecule has 1 saturated heterocycles. The van der Waals surface area contributed by atoms with Crippen molar-refractivity contribution in [3.05, 3.63) is 23.3 Å². The lowest BCUT2D eigenvalue weighted by atomic mass is 9.80. The molecule has 2 atom stereocenters. The van der Waals surface area contributed by atoms with Crippen LogP contribution in [-0.4, -0.2) is 37.2 Å². The second-order valence-electron chi connectivity index (χ2n) is 5.68. The van der Waals surface area contributed by atoms with Gasteiger partial charge in [0.05, 0.1) is 13.2 Å². The van der Waals surface area contributed by atoms with Crippen LogP contribution in [-0.2, 0) is 4.74 Å². The van der Waals surface area contributed by atoms with Crippen LogP contribution in [0.4, 0.5) is 0 Å². The molecule has 1 saturated carbocycles. The second kappa shape index (κ2) is 4.95. The van der Waals surface area contributed by atoms with Crippen LogP contribution in [0.5, 0.6) is 0 Å². The maximum atomic E-state index is 5.44. The SMILES string of the molecule is C[C@H]1C=C2CCC(N3CCOCC3)CC2=CC1. The average Bonchev–Trinajstić information content (AvgIpc) is 2.39. The lowest BCUT2D eigenvalue weighted by Gasteiger charge is -2.39. The molecule has 2 heteroatoms. The largest absolute Gasteiger partial charge is 0.379 e. The molecule has 17 heavy (non-hydrogen) atoms. The van der Waals surface area contributed by atoms with Crippen molar-refractivity contribution >= 4 is 0 Å². The minimum Gasteiger partial charge on any atom is -0.379 e. The monoisotopic (exact) mass is 233 g/mol. The highest BCUT2D eigenvalue weighted by molar-refractivity contribution is 5.37. The van der Waals surface area contributed by atoms with Crippen molar-refractivity contribution in [2.24, 2.45) is 5.92 Å². The Morgan fingerprint density at radius 2 is 2.06 bits per heavy atom. The summed E-state index contributed by atoms with van der Waals surface area (Å²) in [5, 5.41) is 0. The molecule has 1 aliphatic heterocycles. The molecule has 0 N–H and O–H groups in total. The zero-order valence-corrected chi connectivity index (χ0v) is 10.8. The van der Waals surface area contributed by atoms with Gasteiger partial charge in [0.15, 0.2) is 0 Å². The van der Waals surface area contributed by atoms with Crippen molar-refractivity contribution in [1.29, 1.82) is 0 Å². The first-order valence-corrected chi connectivity index (χ1v) is 7.05. The molecule has 0 aromatic carbocycles. The Bertz CT molecular complexity index is 339. The first-order chi connectivity index (χ1) is 8.33. The lowest BCUT2D eigenvalue weighted by molar-refractivity contribution is 0.0136. The Kier molecular flexibility index (Phi) is 3.34. The Labute approximate surface area is 104 Å². The molecule has 1 heterocycles. The summed E-state index contributed by atoms with van der Waals surface area (Å²) in [4.78, 5) is 2.64. The van der Waals surface area contributed by atoms with Gasteiger partial charge >= 0.3 is 0 Å². The average molecular weight is 233 g/mol. The molecule has 3 aliphatic rings. The third-order valence-electron chi connectivity index (χ3n) is 4.40. The van der Waals surface area contributed by atoms with Crippen LogP contribution in [0.15, 0.2) is 23.3 Å². The van der Waals surface area contributed by atoms with E-state index in [1.54, 1.807) is 11.1 Å². The third-order valence-corrected chi connectivity index (χ3v) is 4.40. The van der Waals surface area contributed by atoms with Gasteiger partial charge in [0.2, 0.25) is 0 Å². The maximum absolute atomic E-state index is 5.44. The van der Waals surface area contributed by atoms with Crippen LogP contribution in [0, 0.1) is 5.92 Å². The molecular formula is C15H23NO. The van der Waals surface area contributed by atoms with Crippen LogP contribution < -0.4 is 0 Å². The zero-order valence-electron chi connectivity index (χ0n) is 10.8. The highest BCUT2D eigenvalue weighted by atomic mass is 16.5. The smallest absolute Gasteiger partial charge is 0.0594 e. The standard InChI is InChI=1S/C15H23NO/c1-12-2-3-14-11-15(5-4-13(14)10-12)16-6-8-17-9-7-16/h3,10,12,15H,2,4-9,11H2,1H3/t12-,15?/m1/s1. The summed E-state index contributed by atoms with van der Waals surface area (Å²) < 4.78 is 5.44. The summed E-state index contributed by atoms with van der Waals surface area (Å²) >= 11 is 0. The molecule has 0 radical (unpaired) electrons. The normalized spacial score (nSPS) is 34.9. The quantitative estimate of drug-likeness (QED) is 0.690. The van der Waals surface area contributed by atoms with E-state index in [0.29, 0.717) is 0 Å². The van der Waals surface area contributed by atoms with Crippen molar-refractivity contribution < 1.29 is 4.74 Å². The number of hydrogen-bond donors (Lipinski definition) is 0. The fourth-order valence-corrected chi connectivity index (χ4v) is 3.37. The van der Waals surface area contributed by atoms with Crippen LogP contribution in [0.2, 0.25) is 0 Å². The number of allylic oxidation sites excluding steroid dienone is 3. The predicted molar refractivity (Wildman–Crippen MR) is 70.0 cm³/mol. The lowest BCUT2D eigenvalue weighted by Crippen LogP contribution is -2.44. The van der Waals surface area contributed by atoms with Gasteiger partial charge in [0.1, 0.15) is 0 Å². The summed E-state index contributed by atoms with van der Waals surface area (Å²) in [5.74, 6) is 0.758. The molecule has 1 unspecified atom stereocenters. The molecule has 0 aromatic heterocycles. The molecule has 2 nitrogen and oxygen atoms in total. The molecule has 0 bridgehead atoms. The molecule has 0 amide bonds. The summed E-state index contributed by atoms with van der Waals surface area (Å²) in [6.07, 6.45) is 10.2. The summed E-state index contributed by atoms with van der Waals surface area (Å²) in [6.45, 7) is 6.44. The van der Waals surface area contributed by atoms with Crippen molar-refractivity contribution in [3.63, 3.8) is 0 Å². The Morgan fingerprint density at radius 1 is 1.24 bits per heavy atom. The van der Waals surface area contributed by atoms with E-state index in [2.05, 4.69) is 24.0 Å². The number of rotatable bonds is 1. The number of morpholine rings is 1. The van der Waals surface area contributed by atoms with Crippen molar-refractivity contribution in [3.8, 4) is 0 Å². The van der Waals surface area contributed by atoms with E-state index < -0.39 is 0 Å². The van der Waals surface area contributed by atoms with E-state index in [1.807, 2.05) is 0 Å². The number of hydrogen-bond acceptors (Lipinski definition) is 2. The van der Waals surface area contributed by atoms with Gasteiger partial charge < -0.3 is 4.74 Å². The van der Waals surface area contributed by atoms with Gasteiger partial charge in [0, 0.05) is 19.1 Å². The Hall–Kier alpha value is -0.600. The first kappa shape index (κ1) is 11.5. The Morgan fingerprint density at radius 3 is 2.88 bits per heavy atom. The van der Waals surface area contributed by atoms with Gasteiger partial charge in [-0.2, -0.15) is 0 Å². The molecule has 2 fully saturated rings. The predicted octanol–water partition coefficient (Wildman–Crippen LogP) is 2.76. The van der Waals surface area contributed by atoms with E-state index in [1.165, 1.54) is 25.7 Å². The second-order valence-corrected chi connectivity index (χ2v) is 5.68. The molecule has 3 rings (SSSR count). The van der Waals surface area contributed by atoms with E-state index in [4.69, 9.17) is 4.74 Å². The number of nitrogens with zero attached hydrogens (tertiary/aromatic N) is 1. The van der Waals surface area contributed by atoms with Crippen molar-refractivity contribution in [1.82, 2.24) is 4.90 Å². The topological polar surface area (TPSA) is 12.5 Å². The molecule has 94 valence electrons. The highest BCUT2D eigenvalue weighted by Gasteiger charge is 2.28. The van der Waals surface area contributed by atoms with Gasteiger partial charge in [-0.05, 0) is 42.7 Å². The third kappa shape index (κ3) is 2.48. The minimum atomic E-state index is 0.758. The molecular weight excluding hydrogens is 210 g/mol. The van der Waals surface area contributed by atoms with Crippen LogP contribution in [0.1, 0.15) is 32.6 Å². The van der Waals surface area contributed by atoms with Crippen molar-refractivity contribution in [2.45, 2.75) is 38.6 Å². The van der Waals surface area contributed by atoms with Gasteiger partial charge in [-0.3, -0.25) is 4.90 Å². The van der Waals surface area contributed by atoms with Crippen LogP contribution in [0.3, 0.4) is 0 Å². The highest BCUT2D eigenvalue weighted by Crippen LogP contribution is 2.36. The van der Waals surface area contributed by atoms with Gasteiger partial charge in [-0.25, -0.2) is 0 Å². The van der Waals surface area contributed by atoms with Gasteiger partial charge in [0.25, 0.3) is 0 Å². The van der Waals surface area contributed by atoms with Crippen LogP contribution in [0.25, 0.3) is 0 Å². The summed E-state index contributed by atoms with van der Waals surface area (Å²) in [5.41, 5.74) is 3.29. The molecule has 2 aliphatic carbocycles. The molecule has 0 aromatic rings. The van der Waals surface area contributed by atoms with E-state index in [0.717, 1.165) is 38.3 Å². The first-order valence-electron chi connectivity index (χ1n) is 7.05. The van der Waals surface area contributed by atoms with Gasteiger partial charge in [-0.15, -0.1) is 0 Å². The summed E-state index contributed by atoms with van der Waals surface area (Å²) in [6, 6.07) is 0.774. The fraction of sp³-hybridized carbons (Fsp3) is 0.733. The molecule has 0 spiro atoms. The fourth-order valence-electron chi connectivity index (χ4n) is 3.37. The number of fused-ring (bicyclic) bond motifs is 1. The van der Waals surface area contributed by atoms with Gasteiger partial charge in [-0.1, -0.05) is 19.1 Å². The van der Waals surface area contributed by atoms with E-state index in [-0.39, 0.29) is 0 Å². The minimum absolute atomic E-state index is 0.758.